The first-order valence-corrected chi connectivity index (χ1v) is 6.08. The van der Waals surface area contributed by atoms with Crippen LogP contribution >= 0.6 is 0 Å². The van der Waals surface area contributed by atoms with Gasteiger partial charge in [-0.2, -0.15) is 5.10 Å². The number of aromatic nitrogens is 3. The molecule has 1 aliphatic carbocycles. The van der Waals surface area contributed by atoms with Crippen LogP contribution in [-0.4, -0.2) is 26.7 Å². The summed E-state index contributed by atoms with van der Waals surface area (Å²) in [6.07, 6.45) is 4.01. The summed E-state index contributed by atoms with van der Waals surface area (Å²) in [5.74, 6) is 1.32. The Labute approximate surface area is 109 Å². The normalized spacial score (nSPS) is 14.4. The number of pyridine rings is 1. The highest BCUT2D eigenvalue weighted by atomic mass is 16.6. The van der Waals surface area contributed by atoms with Crippen molar-refractivity contribution in [3.63, 3.8) is 0 Å². The second kappa shape index (κ2) is 4.34. The first-order valence-electron chi connectivity index (χ1n) is 6.08. The van der Waals surface area contributed by atoms with Gasteiger partial charge < -0.3 is 5.32 Å². The van der Waals surface area contributed by atoms with E-state index in [0.717, 1.165) is 18.5 Å². The highest BCUT2D eigenvalue weighted by molar-refractivity contribution is 5.52. The second-order valence-electron chi connectivity index (χ2n) is 4.51. The number of hydrogen-bond donors (Lipinski definition) is 1. The summed E-state index contributed by atoms with van der Waals surface area (Å²) in [5, 5.41) is 18.3. The summed E-state index contributed by atoms with van der Waals surface area (Å²) >= 11 is 0. The van der Waals surface area contributed by atoms with Gasteiger partial charge in [-0.15, -0.1) is 0 Å². The lowest BCUT2D eigenvalue weighted by Crippen LogP contribution is -2.06. The molecule has 1 aliphatic rings. The van der Waals surface area contributed by atoms with E-state index in [1.165, 1.54) is 10.7 Å². The monoisotopic (exact) mass is 259 g/mol. The molecule has 7 heteroatoms. The smallest absolute Gasteiger partial charge is 0.313 e. The number of nitrogens with zero attached hydrogens (tertiary/aromatic N) is 4. The van der Waals surface area contributed by atoms with E-state index < -0.39 is 4.92 Å². The minimum Gasteiger partial charge on any atom is -0.373 e. The highest BCUT2D eigenvalue weighted by Gasteiger charge is 2.27. The summed E-state index contributed by atoms with van der Waals surface area (Å²) in [6, 6.07) is 4.91. The van der Waals surface area contributed by atoms with Gasteiger partial charge in [0.1, 0.15) is 5.82 Å². The molecule has 0 saturated heterocycles. The summed E-state index contributed by atoms with van der Waals surface area (Å²) in [7, 11) is 1.72. The highest BCUT2D eigenvalue weighted by Crippen LogP contribution is 2.39. The predicted octanol–water partition coefficient (Wildman–Crippen LogP) is 2.09. The van der Waals surface area contributed by atoms with Crippen LogP contribution in [0.1, 0.15) is 24.5 Å². The van der Waals surface area contributed by atoms with Gasteiger partial charge in [0, 0.05) is 25.2 Å². The predicted molar refractivity (Wildman–Crippen MR) is 69.5 cm³/mol. The molecule has 2 heterocycles. The molecule has 19 heavy (non-hydrogen) atoms. The number of nitro groups is 1. The lowest BCUT2D eigenvalue weighted by atomic mass is 10.3. The fourth-order valence-electron chi connectivity index (χ4n) is 1.94. The SMILES string of the molecule is CNc1ccc([N+](=O)[O-])c(-n2ccc(C3CC3)n2)n1. The van der Waals surface area contributed by atoms with E-state index in [4.69, 9.17) is 0 Å². The Morgan fingerprint density at radius 1 is 1.42 bits per heavy atom. The van der Waals surface area contributed by atoms with Crippen LogP contribution in [0.4, 0.5) is 11.5 Å². The molecule has 3 rings (SSSR count). The zero-order valence-electron chi connectivity index (χ0n) is 10.4. The molecule has 2 aromatic rings. The standard InChI is InChI=1S/C12H13N5O2/c1-13-11-5-4-10(17(18)19)12(14-11)16-7-6-9(15-16)8-2-3-8/h4-8H,2-3H2,1H3,(H,13,14). The Morgan fingerprint density at radius 2 is 2.21 bits per heavy atom. The molecule has 0 spiro atoms. The van der Waals surface area contributed by atoms with Crippen molar-refractivity contribution >= 4 is 11.5 Å². The second-order valence-corrected chi connectivity index (χ2v) is 4.51. The summed E-state index contributed by atoms with van der Waals surface area (Å²) in [6.45, 7) is 0. The van der Waals surface area contributed by atoms with Crippen molar-refractivity contribution in [2.24, 2.45) is 0 Å². The van der Waals surface area contributed by atoms with Crippen molar-refractivity contribution < 1.29 is 4.92 Å². The third-order valence-electron chi connectivity index (χ3n) is 3.13. The van der Waals surface area contributed by atoms with Gasteiger partial charge in [-0.25, -0.2) is 9.67 Å². The fourth-order valence-corrected chi connectivity index (χ4v) is 1.94. The molecule has 0 unspecified atom stereocenters. The number of nitrogens with one attached hydrogen (secondary N) is 1. The molecular weight excluding hydrogens is 246 g/mol. The molecular formula is C12H13N5O2. The third-order valence-corrected chi connectivity index (χ3v) is 3.13. The molecule has 7 nitrogen and oxygen atoms in total. The zero-order valence-corrected chi connectivity index (χ0v) is 10.4. The average molecular weight is 259 g/mol. The zero-order chi connectivity index (χ0) is 13.4. The van der Waals surface area contributed by atoms with Gasteiger partial charge in [-0.05, 0) is 25.0 Å². The van der Waals surface area contributed by atoms with Gasteiger partial charge >= 0.3 is 5.69 Å². The van der Waals surface area contributed by atoms with Crippen molar-refractivity contribution in [2.75, 3.05) is 12.4 Å². The lowest BCUT2D eigenvalue weighted by molar-refractivity contribution is -0.384. The van der Waals surface area contributed by atoms with Crippen molar-refractivity contribution in [3.8, 4) is 5.82 Å². The van der Waals surface area contributed by atoms with Crippen LogP contribution in [0.25, 0.3) is 5.82 Å². The van der Waals surface area contributed by atoms with Crippen LogP contribution in [0, 0.1) is 10.1 Å². The quantitative estimate of drug-likeness (QED) is 0.671. The van der Waals surface area contributed by atoms with Crippen molar-refractivity contribution in [1.29, 1.82) is 0 Å². The third kappa shape index (κ3) is 2.14. The van der Waals surface area contributed by atoms with E-state index in [1.807, 2.05) is 6.07 Å². The molecule has 0 amide bonds. The van der Waals surface area contributed by atoms with E-state index in [9.17, 15) is 10.1 Å². The number of rotatable bonds is 4. The van der Waals surface area contributed by atoms with Gasteiger partial charge in [0.05, 0.1) is 10.6 Å². The topological polar surface area (TPSA) is 85.9 Å². The van der Waals surface area contributed by atoms with Crippen LogP contribution in [0.5, 0.6) is 0 Å². The lowest BCUT2D eigenvalue weighted by Gasteiger charge is -2.05. The minimum atomic E-state index is -0.444. The van der Waals surface area contributed by atoms with E-state index in [0.29, 0.717) is 11.7 Å². The van der Waals surface area contributed by atoms with Crippen molar-refractivity contribution in [1.82, 2.24) is 14.8 Å². The summed E-state index contributed by atoms with van der Waals surface area (Å²) < 4.78 is 1.48. The Kier molecular flexibility index (Phi) is 2.66. The molecule has 1 fully saturated rings. The molecule has 2 aromatic heterocycles. The van der Waals surface area contributed by atoms with Crippen LogP contribution in [0.2, 0.25) is 0 Å². The number of hydrogen-bond acceptors (Lipinski definition) is 5. The summed E-state index contributed by atoms with van der Waals surface area (Å²) in [4.78, 5) is 14.8. The van der Waals surface area contributed by atoms with E-state index in [1.54, 1.807) is 19.3 Å². The molecule has 1 N–H and O–H groups in total. The fraction of sp³-hybridized carbons (Fsp3) is 0.333. The van der Waals surface area contributed by atoms with Gasteiger partial charge in [-0.3, -0.25) is 10.1 Å². The first kappa shape index (κ1) is 11.6. The van der Waals surface area contributed by atoms with Gasteiger partial charge in [0.15, 0.2) is 0 Å². The van der Waals surface area contributed by atoms with Crippen LogP contribution in [-0.2, 0) is 0 Å². The molecule has 98 valence electrons. The van der Waals surface area contributed by atoms with Gasteiger partial charge in [-0.1, -0.05) is 0 Å². The minimum absolute atomic E-state index is 0.0514. The van der Waals surface area contributed by atoms with E-state index >= 15 is 0 Å². The molecule has 0 aliphatic heterocycles. The number of anilines is 1. The Morgan fingerprint density at radius 3 is 2.84 bits per heavy atom. The molecule has 0 aromatic carbocycles. The Hall–Kier alpha value is -2.44. The van der Waals surface area contributed by atoms with Gasteiger partial charge in [0.2, 0.25) is 5.82 Å². The molecule has 0 bridgehead atoms. The van der Waals surface area contributed by atoms with Crippen LogP contribution in [0.3, 0.4) is 0 Å². The maximum absolute atomic E-state index is 11.1. The largest absolute Gasteiger partial charge is 0.373 e. The van der Waals surface area contributed by atoms with E-state index in [-0.39, 0.29) is 11.5 Å². The maximum atomic E-state index is 11.1. The summed E-state index contributed by atoms with van der Waals surface area (Å²) in [5.41, 5.74) is 0.926. The maximum Gasteiger partial charge on any atom is 0.313 e. The average Bonchev–Trinajstić information content (AvgIpc) is 3.15. The van der Waals surface area contributed by atoms with Crippen LogP contribution < -0.4 is 5.32 Å². The van der Waals surface area contributed by atoms with Crippen molar-refractivity contribution in [3.05, 3.63) is 40.2 Å². The molecule has 0 atom stereocenters. The van der Waals surface area contributed by atoms with E-state index in [2.05, 4.69) is 15.4 Å². The molecule has 0 radical (unpaired) electrons. The van der Waals surface area contributed by atoms with Crippen molar-refractivity contribution in [2.45, 2.75) is 18.8 Å². The van der Waals surface area contributed by atoms with Crippen LogP contribution in [0.15, 0.2) is 24.4 Å². The van der Waals surface area contributed by atoms with Gasteiger partial charge in [0.25, 0.3) is 0 Å². The Bertz CT molecular complexity index is 633. The Balaban J connectivity index is 2.06. The first-order chi connectivity index (χ1) is 9.19. The molecule has 1 saturated carbocycles.